The molecule has 0 heterocycles. The molecule has 0 aromatic heterocycles. The van der Waals surface area contributed by atoms with E-state index in [1.807, 2.05) is 12.1 Å². The Hall–Kier alpha value is 0.816. The Morgan fingerprint density at radius 3 is 2.22 bits per heavy atom. The van der Waals surface area contributed by atoms with Crippen LogP contribution in [0.25, 0.3) is 0 Å². The van der Waals surface area contributed by atoms with Gasteiger partial charge in [0.2, 0.25) is 0 Å². The average Bonchev–Trinajstić information content (AvgIpc) is 1.90. The maximum Gasteiger partial charge on any atom is 0.506 e. The van der Waals surface area contributed by atoms with Crippen molar-refractivity contribution in [1.82, 2.24) is 0 Å². The van der Waals surface area contributed by atoms with Crippen LogP contribution in [0, 0.1) is 0 Å². The van der Waals surface area contributed by atoms with Gasteiger partial charge in [0, 0.05) is 4.90 Å². The maximum absolute atomic E-state index is 4.17. The summed E-state index contributed by atoms with van der Waals surface area (Å²) in [4.78, 5) is 1.04. The van der Waals surface area contributed by atoms with Gasteiger partial charge in [-0.25, -0.2) is 0 Å². The molecule has 0 spiro atoms. The zero-order valence-electron chi connectivity index (χ0n) is 4.84. The van der Waals surface area contributed by atoms with Gasteiger partial charge in [0.05, 0.1) is 0 Å². The fourth-order valence-electron chi connectivity index (χ4n) is 0.585. The fourth-order valence-corrected chi connectivity index (χ4v) is 2.27. The standard InChI is InChI=1S/C6H5S.BrH.Mg/c7-6-4-2-1-3-5-6;;/h2-5,7H;1H;/q;;+1/p-1. The van der Waals surface area contributed by atoms with Crippen LogP contribution in [0.1, 0.15) is 0 Å². The summed E-state index contributed by atoms with van der Waals surface area (Å²) in [6.45, 7) is 0. The fraction of sp³-hybridized carbons (Fsp3) is 0. The van der Waals surface area contributed by atoms with Gasteiger partial charge in [-0.3, -0.25) is 12.9 Å². The van der Waals surface area contributed by atoms with E-state index in [4.69, 9.17) is 0 Å². The Balaban J connectivity index is 2.88. The molecule has 9 heavy (non-hydrogen) atoms. The summed E-state index contributed by atoms with van der Waals surface area (Å²) in [6.07, 6.45) is 0. The van der Waals surface area contributed by atoms with Gasteiger partial charge in [0.25, 0.3) is 0 Å². The van der Waals surface area contributed by atoms with Gasteiger partial charge >= 0.3 is 18.2 Å². The van der Waals surface area contributed by atoms with Crippen molar-refractivity contribution < 1.29 is 0 Å². The van der Waals surface area contributed by atoms with E-state index in [0.717, 1.165) is 4.90 Å². The number of hydrogen-bond donors (Lipinski definition) is 1. The van der Waals surface area contributed by atoms with Gasteiger partial charge < -0.3 is 0 Å². The highest BCUT2D eigenvalue weighted by Gasteiger charge is 1.91. The monoisotopic (exact) mass is 212 g/mol. The van der Waals surface area contributed by atoms with E-state index in [1.165, 1.54) is 3.69 Å². The Morgan fingerprint density at radius 1 is 1.22 bits per heavy atom. The third-order valence-electron chi connectivity index (χ3n) is 1.09. The van der Waals surface area contributed by atoms with E-state index in [2.05, 4.69) is 37.6 Å². The molecule has 44 valence electrons. The summed E-state index contributed by atoms with van der Waals surface area (Å²) in [5.41, 5.74) is 0. The van der Waals surface area contributed by atoms with Crippen LogP contribution in [0.4, 0.5) is 0 Å². The molecule has 0 aliphatic heterocycles. The normalized spacial score (nSPS) is 8.67. The van der Waals surface area contributed by atoms with Crippen LogP contribution >= 0.6 is 25.5 Å². The largest absolute Gasteiger partial charge is 0.506 e. The minimum absolute atomic E-state index is 0.146. The number of benzene rings is 1. The third-order valence-corrected chi connectivity index (χ3v) is 4.11. The van der Waals surface area contributed by atoms with Gasteiger partial charge in [-0.05, 0) is 0 Å². The van der Waals surface area contributed by atoms with Crippen molar-refractivity contribution in [2.24, 2.45) is 0 Å². The first-order valence-corrected chi connectivity index (χ1v) is 7.72. The Kier molecular flexibility index (Phi) is 3.39. The topological polar surface area (TPSA) is 0 Å². The predicted octanol–water partition coefficient (Wildman–Crippen LogP) is 1.61. The smallest absolute Gasteiger partial charge is 0.296 e. The van der Waals surface area contributed by atoms with Gasteiger partial charge in [-0.2, -0.15) is 3.69 Å². The summed E-state index contributed by atoms with van der Waals surface area (Å²) in [7, 11) is 0. The molecule has 0 radical (unpaired) electrons. The minimum Gasteiger partial charge on any atom is -0.296 e. The highest BCUT2D eigenvalue weighted by atomic mass is 79.9. The summed E-state index contributed by atoms with van der Waals surface area (Å²) >= 11 is 7.52. The van der Waals surface area contributed by atoms with Gasteiger partial charge in [0.15, 0.2) is 0 Å². The molecule has 0 bridgehead atoms. The van der Waals surface area contributed by atoms with Crippen LogP contribution in [0.3, 0.4) is 0 Å². The van der Waals surface area contributed by atoms with Crippen LogP contribution in [-0.4, -0.2) is 18.2 Å². The van der Waals surface area contributed by atoms with Crippen molar-refractivity contribution in [3.8, 4) is 0 Å². The van der Waals surface area contributed by atoms with Crippen LogP contribution in [0.15, 0.2) is 29.2 Å². The second-order valence-corrected chi connectivity index (χ2v) is 5.08. The summed E-state index contributed by atoms with van der Waals surface area (Å²) in [6, 6.07) is 8.27. The lowest BCUT2D eigenvalue weighted by molar-refractivity contribution is 1.50. The highest BCUT2D eigenvalue weighted by Crippen LogP contribution is 2.00. The van der Waals surface area contributed by atoms with Gasteiger partial charge in [0.1, 0.15) is 0 Å². The van der Waals surface area contributed by atoms with Crippen molar-refractivity contribution in [2.75, 3.05) is 0 Å². The Morgan fingerprint density at radius 2 is 1.78 bits per heavy atom. The highest BCUT2D eigenvalue weighted by molar-refractivity contribution is 9.23. The van der Waals surface area contributed by atoms with Gasteiger partial charge in [-0.1, -0.05) is 24.3 Å². The van der Waals surface area contributed by atoms with Crippen molar-refractivity contribution in [3.05, 3.63) is 24.3 Å². The SMILES string of the molecule is Sc1cc[c]([Mg][Br])cc1. The van der Waals surface area contributed by atoms with E-state index in [1.54, 1.807) is 0 Å². The molecule has 0 nitrogen and oxygen atoms in total. The molecule has 0 aliphatic rings. The molecule has 0 unspecified atom stereocenters. The third kappa shape index (κ3) is 2.49. The molecule has 0 saturated carbocycles. The molecule has 0 saturated heterocycles. The quantitative estimate of drug-likeness (QED) is 0.532. The lowest BCUT2D eigenvalue weighted by atomic mass is 10.4. The van der Waals surface area contributed by atoms with Crippen molar-refractivity contribution in [3.63, 3.8) is 0 Å². The van der Waals surface area contributed by atoms with E-state index in [0.29, 0.717) is 0 Å². The summed E-state index contributed by atoms with van der Waals surface area (Å²) in [5.74, 6) is 0. The molecule has 1 aromatic rings. The first kappa shape index (κ1) is 7.92. The lowest BCUT2D eigenvalue weighted by Crippen LogP contribution is -2.05. The van der Waals surface area contributed by atoms with Crippen molar-refractivity contribution >= 4 is 47.4 Å². The molecule has 0 atom stereocenters. The van der Waals surface area contributed by atoms with Crippen LogP contribution in [0.2, 0.25) is 0 Å². The predicted molar refractivity (Wildman–Crippen MR) is 48.0 cm³/mol. The van der Waals surface area contributed by atoms with E-state index in [9.17, 15) is 0 Å². The number of thiol groups is 1. The average molecular weight is 213 g/mol. The Bertz CT molecular complexity index is 185. The van der Waals surface area contributed by atoms with Crippen molar-refractivity contribution in [2.45, 2.75) is 4.90 Å². The lowest BCUT2D eigenvalue weighted by Gasteiger charge is -1.92. The molecule has 0 amide bonds. The maximum atomic E-state index is 4.17. The molecular weight excluding hydrogens is 208 g/mol. The van der Waals surface area contributed by atoms with E-state index < -0.39 is 0 Å². The molecule has 3 heteroatoms. The Labute approximate surface area is 76.0 Å². The molecular formula is C6H5BrMgS. The molecule has 0 N–H and O–H groups in total. The summed E-state index contributed by atoms with van der Waals surface area (Å²) < 4.78 is 1.42. The van der Waals surface area contributed by atoms with E-state index >= 15 is 0 Å². The zero-order valence-corrected chi connectivity index (χ0v) is 8.74. The second-order valence-electron chi connectivity index (χ2n) is 1.80. The molecule has 0 fully saturated rings. The summed E-state index contributed by atoms with van der Waals surface area (Å²) in [5, 5.41) is 0. The molecule has 1 aromatic carbocycles. The molecule has 0 aliphatic carbocycles. The first-order chi connectivity index (χ1) is 4.33. The van der Waals surface area contributed by atoms with Crippen LogP contribution in [0.5, 0.6) is 0 Å². The zero-order chi connectivity index (χ0) is 6.69. The number of halogens is 1. The number of rotatable bonds is 1. The molecule has 1 rings (SSSR count). The number of hydrogen-bond acceptors (Lipinski definition) is 1. The second kappa shape index (κ2) is 3.86. The van der Waals surface area contributed by atoms with Gasteiger partial charge in [-0.15, -0.1) is 12.6 Å². The van der Waals surface area contributed by atoms with Crippen LogP contribution in [-0.2, 0) is 0 Å². The first-order valence-electron chi connectivity index (χ1n) is 2.67. The van der Waals surface area contributed by atoms with E-state index in [-0.39, 0.29) is 18.2 Å². The van der Waals surface area contributed by atoms with Crippen LogP contribution < -0.4 is 3.69 Å². The minimum atomic E-state index is -0.146. The van der Waals surface area contributed by atoms with Crippen molar-refractivity contribution in [1.29, 1.82) is 0 Å².